The number of hydrogen-bond donors (Lipinski definition) is 1. The Morgan fingerprint density at radius 2 is 1.89 bits per heavy atom. The molecular formula is C21H17ClN4O. The Morgan fingerprint density at radius 1 is 1.04 bits per heavy atom. The van der Waals surface area contributed by atoms with Crippen LogP contribution in [0.4, 0.5) is 0 Å². The minimum Gasteiger partial charge on any atom is -0.350 e. The summed E-state index contributed by atoms with van der Waals surface area (Å²) in [6, 6.07) is 20.7. The number of fused-ring (bicyclic) bond motifs is 1. The van der Waals surface area contributed by atoms with Crippen LogP contribution in [0, 0.1) is 0 Å². The van der Waals surface area contributed by atoms with Gasteiger partial charge in [-0.2, -0.15) is 0 Å². The molecule has 0 aliphatic carbocycles. The van der Waals surface area contributed by atoms with E-state index in [1.54, 1.807) is 30.5 Å². The molecule has 0 aliphatic heterocycles. The highest BCUT2D eigenvalue weighted by Gasteiger charge is 2.13. The lowest BCUT2D eigenvalue weighted by Crippen LogP contribution is -2.27. The van der Waals surface area contributed by atoms with Gasteiger partial charge < -0.3 is 9.88 Å². The van der Waals surface area contributed by atoms with Crippen LogP contribution in [0.15, 0.2) is 72.9 Å². The third-order valence-corrected chi connectivity index (χ3v) is 4.48. The number of halogens is 1. The molecule has 0 atom stereocenters. The Bertz CT molecular complexity index is 1090. The molecule has 2 aromatic carbocycles. The summed E-state index contributed by atoms with van der Waals surface area (Å²) >= 11 is 5.96. The van der Waals surface area contributed by atoms with Crippen molar-refractivity contribution in [1.29, 1.82) is 0 Å². The fourth-order valence-electron chi connectivity index (χ4n) is 2.99. The van der Waals surface area contributed by atoms with Crippen molar-refractivity contribution < 1.29 is 4.79 Å². The maximum atomic E-state index is 12.3. The number of carbonyl (C=O) groups excluding carboxylic acids is 1. The first-order chi connectivity index (χ1) is 13.2. The lowest BCUT2D eigenvalue weighted by Gasteiger charge is -2.10. The number of benzene rings is 2. The van der Waals surface area contributed by atoms with Gasteiger partial charge in [-0.05, 0) is 30.3 Å². The molecule has 6 heteroatoms. The number of imidazole rings is 1. The topological polar surface area (TPSA) is 59.8 Å². The predicted octanol–water partition coefficient (Wildman–Crippen LogP) is 4.18. The van der Waals surface area contributed by atoms with E-state index in [0.717, 1.165) is 22.6 Å². The summed E-state index contributed by atoms with van der Waals surface area (Å²) < 4.78 is 2.03. The third kappa shape index (κ3) is 3.68. The molecule has 0 unspecified atom stereocenters. The smallest absolute Gasteiger partial charge is 0.251 e. The van der Waals surface area contributed by atoms with E-state index in [1.165, 1.54) is 0 Å². The third-order valence-electron chi connectivity index (χ3n) is 4.24. The fourth-order valence-corrected chi connectivity index (χ4v) is 3.18. The number of nitrogens with one attached hydrogen (secondary N) is 1. The van der Waals surface area contributed by atoms with Gasteiger partial charge in [0.15, 0.2) is 5.65 Å². The normalized spacial score (nSPS) is 10.9. The largest absolute Gasteiger partial charge is 0.350 e. The van der Waals surface area contributed by atoms with Crippen molar-refractivity contribution in [2.24, 2.45) is 0 Å². The van der Waals surface area contributed by atoms with E-state index in [-0.39, 0.29) is 5.91 Å². The Kier molecular flexibility index (Phi) is 4.85. The highest BCUT2D eigenvalue weighted by molar-refractivity contribution is 6.30. The first-order valence-electron chi connectivity index (χ1n) is 8.63. The molecule has 1 amide bonds. The number of aromatic nitrogens is 3. The van der Waals surface area contributed by atoms with Gasteiger partial charge in [0.05, 0.1) is 0 Å². The van der Waals surface area contributed by atoms with Crippen molar-refractivity contribution in [3.8, 4) is 11.4 Å². The van der Waals surface area contributed by atoms with Crippen LogP contribution >= 0.6 is 11.6 Å². The second kappa shape index (κ2) is 7.60. The average Bonchev–Trinajstić information content (AvgIpc) is 3.07. The Balaban J connectivity index is 1.57. The molecule has 2 heterocycles. The number of amides is 1. The summed E-state index contributed by atoms with van der Waals surface area (Å²) in [5.41, 5.74) is 3.18. The van der Waals surface area contributed by atoms with E-state index in [2.05, 4.69) is 10.3 Å². The zero-order valence-corrected chi connectivity index (χ0v) is 15.2. The van der Waals surface area contributed by atoms with Gasteiger partial charge in [-0.15, -0.1) is 0 Å². The van der Waals surface area contributed by atoms with E-state index in [1.807, 2.05) is 47.0 Å². The second-order valence-corrected chi connectivity index (χ2v) is 6.50. The van der Waals surface area contributed by atoms with Gasteiger partial charge in [0, 0.05) is 35.4 Å². The summed E-state index contributed by atoms with van der Waals surface area (Å²) in [7, 11) is 0. The van der Waals surface area contributed by atoms with Crippen LogP contribution < -0.4 is 5.32 Å². The van der Waals surface area contributed by atoms with E-state index in [0.29, 0.717) is 23.7 Å². The van der Waals surface area contributed by atoms with Crippen LogP contribution in [0.1, 0.15) is 10.4 Å². The molecule has 27 heavy (non-hydrogen) atoms. The molecular weight excluding hydrogens is 360 g/mol. The monoisotopic (exact) mass is 376 g/mol. The van der Waals surface area contributed by atoms with E-state index in [9.17, 15) is 4.79 Å². The van der Waals surface area contributed by atoms with Crippen molar-refractivity contribution in [2.45, 2.75) is 6.54 Å². The van der Waals surface area contributed by atoms with Crippen molar-refractivity contribution in [1.82, 2.24) is 19.9 Å². The molecule has 0 spiro atoms. The molecule has 0 saturated heterocycles. The molecule has 4 rings (SSSR count). The first kappa shape index (κ1) is 17.2. The standard InChI is InChI=1S/C21H17ClN4O/c22-17-9-4-8-16(14-17)21(27)24-12-13-26-19(15-6-2-1-3-7-15)25-18-10-5-11-23-20(18)26/h1-11,14H,12-13H2,(H,24,27). The van der Waals surface area contributed by atoms with E-state index in [4.69, 9.17) is 16.6 Å². The highest BCUT2D eigenvalue weighted by atomic mass is 35.5. The second-order valence-electron chi connectivity index (χ2n) is 6.07. The summed E-state index contributed by atoms with van der Waals surface area (Å²) in [5.74, 6) is 0.678. The maximum Gasteiger partial charge on any atom is 0.251 e. The lowest BCUT2D eigenvalue weighted by atomic mass is 10.2. The molecule has 2 aromatic heterocycles. The predicted molar refractivity (Wildman–Crippen MR) is 107 cm³/mol. The number of rotatable bonds is 5. The van der Waals surface area contributed by atoms with Gasteiger partial charge in [-0.1, -0.05) is 48.0 Å². The molecule has 0 radical (unpaired) electrons. The first-order valence-corrected chi connectivity index (χ1v) is 9.00. The van der Waals surface area contributed by atoms with E-state index >= 15 is 0 Å². The van der Waals surface area contributed by atoms with Crippen LogP contribution in [-0.4, -0.2) is 27.0 Å². The SMILES string of the molecule is O=C(NCCn1c(-c2ccccc2)nc2cccnc21)c1cccc(Cl)c1. The summed E-state index contributed by atoms with van der Waals surface area (Å²) in [4.78, 5) is 21.5. The molecule has 0 fully saturated rings. The summed E-state index contributed by atoms with van der Waals surface area (Å²) in [6.45, 7) is 1.01. The number of carbonyl (C=O) groups is 1. The molecule has 5 nitrogen and oxygen atoms in total. The maximum absolute atomic E-state index is 12.3. The van der Waals surface area contributed by atoms with Crippen LogP contribution in [0.2, 0.25) is 5.02 Å². The number of hydrogen-bond acceptors (Lipinski definition) is 3. The van der Waals surface area contributed by atoms with Gasteiger partial charge in [0.2, 0.25) is 0 Å². The molecule has 0 saturated carbocycles. The Morgan fingerprint density at radius 3 is 2.70 bits per heavy atom. The number of nitrogens with zero attached hydrogens (tertiary/aromatic N) is 3. The van der Waals surface area contributed by atoms with Crippen LogP contribution in [0.25, 0.3) is 22.6 Å². The molecule has 4 aromatic rings. The van der Waals surface area contributed by atoms with Gasteiger partial charge in [-0.3, -0.25) is 4.79 Å². The quantitative estimate of drug-likeness (QED) is 0.568. The van der Waals surface area contributed by atoms with Crippen LogP contribution in [0.3, 0.4) is 0 Å². The van der Waals surface area contributed by atoms with Crippen molar-refractivity contribution >= 4 is 28.7 Å². The lowest BCUT2D eigenvalue weighted by molar-refractivity contribution is 0.0952. The molecule has 1 N–H and O–H groups in total. The number of pyridine rings is 1. The minimum atomic E-state index is -0.156. The van der Waals surface area contributed by atoms with E-state index < -0.39 is 0 Å². The zero-order valence-electron chi connectivity index (χ0n) is 14.5. The van der Waals surface area contributed by atoms with Gasteiger partial charge in [0.25, 0.3) is 5.91 Å². The Hall–Kier alpha value is -3.18. The average molecular weight is 377 g/mol. The van der Waals surface area contributed by atoms with Gasteiger partial charge >= 0.3 is 0 Å². The molecule has 0 aliphatic rings. The molecule has 134 valence electrons. The van der Waals surface area contributed by atoms with Gasteiger partial charge in [0.1, 0.15) is 11.3 Å². The molecule has 0 bridgehead atoms. The van der Waals surface area contributed by atoms with Crippen molar-refractivity contribution in [3.05, 3.63) is 83.5 Å². The van der Waals surface area contributed by atoms with Crippen molar-refractivity contribution in [2.75, 3.05) is 6.54 Å². The van der Waals surface area contributed by atoms with Gasteiger partial charge in [-0.25, -0.2) is 9.97 Å². The Labute approximate surface area is 161 Å². The summed E-state index contributed by atoms with van der Waals surface area (Å²) in [6.07, 6.45) is 1.75. The van der Waals surface area contributed by atoms with Crippen LogP contribution in [-0.2, 0) is 6.54 Å². The highest BCUT2D eigenvalue weighted by Crippen LogP contribution is 2.23. The zero-order chi connectivity index (χ0) is 18.6. The fraction of sp³-hybridized carbons (Fsp3) is 0.0952. The minimum absolute atomic E-state index is 0.156. The summed E-state index contributed by atoms with van der Waals surface area (Å²) in [5, 5.41) is 3.47. The van der Waals surface area contributed by atoms with Crippen LogP contribution in [0.5, 0.6) is 0 Å². The van der Waals surface area contributed by atoms with Crippen molar-refractivity contribution in [3.63, 3.8) is 0 Å².